The van der Waals surface area contributed by atoms with E-state index in [0.717, 1.165) is 6.07 Å². The Kier molecular flexibility index (Phi) is 7.52. The minimum absolute atomic E-state index is 0.0199. The molecule has 0 aliphatic carbocycles. The monoisotopic (exact) mass is 466 g/mol. The lowest BCUT2D eigenvalue weighted by Crippen LogP contribution is -2.48. The van der Waals surface area contributed by atoms with Crippen molar-refractivity contribution in [3.63, 3.8) is 0 Å². The van der Waals surface area contributed by atoms with Crippen LogP contribution in [0.5, 0.6) is 0 Å². The van der Waals surface area contributed by atoms with E-state index in [1.807, 2.05) is 0 Å². The van der Waals surface area contributed by atoms with E-state index in [2.05, 4.69) is 15.8 Å². The van der Waals surface area contributed by atoms with Gasteiger partial charge in [-0.15, -0.1) is 0 Å². The zero-order chi connectivity index (χ0) is 24.8. The Balaban J connectivity index is 1.68. The van der Waals surface area contributed by atoms with Crippen LogP contribution in [0.2, 0.25) is 0 Å². The standard InChI is InChI=1S/C24H23FN4O5/c1-14(2)22(27-23(30)18-7-4-5-9-19(18)25)24(31)28-26-13-16-11-12-21(34-16)17-8-6-10-20(15(17)3)29(32)33/h4-14,22H,1-3H3,(H,27,30)(H,28,31)/b26-13-/t22-/m0/s1. The summed E-state index contributed by atoms with van der Waals surface area (Å²) in [7, 11) is 0. The first-order chi connectivity index (χ1) is 16.2. The van der Waals surface area contributed by atoms with E-state index < -0.39 is 28.6 Å². The maximum atomic E-state index is 13.9. The molecule has 9 nitrogen and oxygen atoms in total. The number of carbonyl (C=O) groups excluding carboxylic acids is 2. The predicted octanol–water partition coefficient (Wildman–Crippen LogP) is 4.21. The summed E-state index contributed by atoms with van der Waals surface area (Å²) in [4.78, 5) is 35.6. The van der Waals surface area contributed by atoms with Crippen molar-refractivity contribution in [1.29, 1.82) is 0 Å². The number of furan rings is 1. The summed E-state index contributed by atoms with van der Waals surface area (Å²) < 4.78 is 19.5. The fraction of sp³-hybridized carbons (Fsp3) is 0.208. The van der Waals surface area contributed by atoms with Gasteiger partial charge in [-0.1, -0.05) is 38.1 Å². The van der Waals surface area contributed by atoms with Crippen LogP contribution in [-0.4, -0.2) is 29.0 Å². The van der Waals surface area contributed by atoms with Gasteiger partial charge in [0.2, 0.25) is 0 Å². The lowest BCUT2D eigenvalue weighted by Gasteiger charge is -2.20. The molecule has 10 heteroatoms. The van der Waals surface area contributed by atoms with Crippen LogP contribution in [0.15, 0.2) is 64.1 Å². The highest BCUT2D eigenvalue weighted by molar-refractivity contribution is 5.98. The van der Waals surface area contributed by atoms with Crippen LogP contribution in [0.1, 0.15) is 35.5 Å². The molecule has 0 saturated heterocycles. The first-order valence-corrected chi connectivity index (χ1v) is 10.4. The van der Waals surface area contributed by atoms with E-state index in [1.54, 1.807) is 45.0 Å². The highest BCUT2D eigenvalue weighted by Gasteiger charge is 2.25. The molecule has 3 rings (SSSR count). The minimum Gasteiger partial charge on any atom is -0.455 e. The molecular weight excluding hydrogens is 443 g/mol. The van der Waals surface area contributed by atoms with E-state index >= 15 is 0 Å². The molecule has 0 spiro atoms. The quantitative estimate of drug-likeness (QED) is 0.292. The maximum Gasteiger partial charge on any atom is 0.273 e. The first kappa shape index (κ1) is 24.3. The number of hydrogen-bond acceptors (Lipinski definition) is 6. The fourth-order valence-corrected chi connectivity index (χ4v) is 3.28. The van der Waals surface area contributed by atoms with Gasteiger partial charge < -0.3 is 9.73 Å². The lowest BCUT2D eigenvalue weighted by molar-refractivity contribution is -0.385. The van der Waals surface area contributed by atoms with Gasteiger partial charge in [-0.2, -0.15) is 5.10 Å². The van der Waals surface area contributed by atoms with Crippen molar-refractivity contribution in [2.45, 2.75) is 26.8 Å². The normalized spacial score (nSPS) is 12.0. The second-order valence-corrected chi connectivity index (χ2v) is 7.82. The van der Waals surface area contributed by atoms with Crippen LogP contribution >= 0.6 is 0 Å². The van der Waals surface area contributed by atoms with Crippen LogP contribution in [0.3, 0.4) is 0 Å². The number of hydrogen-bond donors (Lipinski definition) is 2. The highest BCUT2D eigenvalue weighted by atomic mass is 19.1. The summed E-state index contributed by atoms with van der Waals surface area (Å²) in [5, 5.41) is 17.5. The van der Waals surface area contributed by atoms with Gasteiger partial charge in [0.05, 0.1) is 16.7 Å². The Bertz CT molecular complexity index is 1250. The number of amides is 2. The van der Waals surface area contributed by atoms with Gasteiger partial charge in [0.15, 0.2) is 0 Å². The van der Waals surface area contributed by atoms with Crippen LogP contribution in [0, 0.1) is 28.8 Å². The van der Waals surface area contributed by atoms with E-state index in [1.165, 1.54) is 30.5 Å². The molecule has 2 amide bonds. The van der Waals surface area contributed by atoms with Crippen LogP contribution in [0.25, 0.3) is 11.3 Å². The highest BCUT2D eigenvalue weighted by Crippen LogP contribution is 2.30. The molecule has 34 heavy (non-hydrogen) atoms. The number of nitro groups is 1. The Morgan fingerprint density at radius 2 is 1.85 bits per heavy atom. The van der Waals surface area contributed by atoms with Crippen molar-refractivity contribution < 1.29 is 23.3 Å². The third kappa shape index (κ3) is 5.52. The number of nitrogens with one attached hydrogen (secondary N) is 2. The molecule has 2 aromatic carbocycles. The van der Waals surface area contributed by atoms with Crippen LogP contribution in [0.4, 0.5) is 10.1 Å². The average Bonchev–Trinajstić information content (AvgIpc) is 3.25. The number of rotatable bonds is 8. The summed E-state index contributed by atoms with van der Waals surface area (Å²) in [6.45, 7) is 5.09. The molecule has 0 bridgehead atoms. The van der Waals surface area contributed by atoms with Crippen molar-refractivity contribution in [3.05, 3.63) is 87.4 Å². The largest absolute Gasteiger partial charge is 0.455 e. The van der Waals surface area contributed by atoms with Gasteiger partial charge in [-0.3, -0.25) is 19.7 Å². The molecule has 176 valence electrons. The molecule has 0 saturated carbocycles. The van der Waals surface area contributed by atoms with Gasteiger partial charge in [0.25, 0.3) is 17.5 Å². The topological polar surface area (TPSA) is 127 Å². The average molecular weight is 466 g/mol. The molecule has 0 aliphatic heterocycles. The summed E-state index contributed by atoms with van der Waals surface area (Å²) in [6, 6.07) is 12.5. The number of benzene rings is 2. The van der Waals surface area contributed by atoms with Crippen molar-refractivity contribution in [2.24, 2.45) is 11.0 Å². The molecule has 0 fully saturated rings. The molecule has 0 unspecified atom stereocenters. The summed E-state index contributed by atoms with van der Waals surface area (Å²) in [5.41, 5.74) is 3.18. The number of hydrazone groups is 1. The molecule has 2 N–H and O–H groups in total. The molecule has 1 aromatic heterocycles. The third-order valence-corrected chi connectivity index (χ3v) is 5.11. The SMILES string of the molecule is Cc1c(-c2ccc(/C=N\NC(=O)[C@@H](NC(=O)c3ccccc3F)C(C)C)o2)cccc1[N+](=O)[O-]. The molecule has 3 aromatic rings. The van der Waals surface area contributed by atoms with Gasteiger partial charge in [0, 0.05) is 17.2 Å². The molecule has 0 radical (unpaired) electrons. The van der Waals surface area contributed by atoms with Crippen molar-refractivity contribution in [3.8, 4) is 11.3 Å². The summed E-state index contributed by atoms with van der Waals surface area (Å²) in [5.74, 6) is -1.56. The van der Waals surface area contributed by atoms with E-state index in [4.69, 9.17) is 4.42 Å². The van der Waals surface area contributed by atoms with Crippen molar-refractivity contribution >= 4 is 23.7 Å². The third-order valence-electron chi connectivity index (χ3n) is 5.11. The molecule has 1 atom stereocenters. The number of nitro benzene ring substituents is 1. The predicted molar refractivity (Wildman–Crippen MR) is 124 cm³/mol. The molecular formula is C24H23FN4O5. The number of nitrogens with zero attached hydrogens (tertiary/aromatic N) is 2. The van der Waals surface area contributed by atoms with E-state index in [-0.39, 0.29) is 17.2 Å². The van der Waals surface area contributed by atoms with Gasteiger partial charge in [-0.05, 0) is 37.1 Å². The smallest absolute Gasteiger partial charge is 0.273 e. The Labute approximate surface area is 194 Å². The summed E-state index contributed by atoms with van der Waals surface area (Å²) >= 11 is 0. The Morgan fingerprint density at radius 1 is 1.12 bits per heavy atom. The summed E-state index contributed by atoms with van der Waals surface area (Å²) in [6.07, 6.45) is 1.27. The molecule has 0 aliphatic rings. The number of halogens is 1. The first-order valence-electron chi connectivity index (χ1n) is 10.4. The van der Waals surface area contributed by atoms with Crippen LogP contribution in [-0.2, 0) is 4.79 Å². The molecule has 1 heterocycles. The van der Waals surface area contributed by atoms with Gasteiger partial charge in [-0.25, -0.2) is 9.82 Å². The van der Waals surface area contributed by atoms with Gasteiger partial charge in [0.1, 0.15) is 23.4 Å². The number of carbonyl (C=O) groups is 2. The fourth-order valence-electron chi connectivity index (χ4n) is 3.28. The minimum atomic E-state index is -0.955. The zero-order valence-corrected chi connectivity index (χ0v) is 18.7. The van der Waals surface area contributed by atoms with Crippen LogP contribution < -0.4 is 10.7 Å². The maximum absolute atomic E-state index is 13.9. The zero-order valence-electron chi connectivity index (χ0n) is 18.7. The van der Waals surface area contributed by atoms with Gasteiger partial charge >= 0.3 is 0 Å². The van der Waals surface area contributed by atoms with E-state index in [0.29, 0.717) is 22.6 Å². The van der Waals surface area contributed by atoms with Crippen molar-refractivity contribution in [2.75, 3.05) is 0 Å². The second kappa shape index (κ2) is 10.5. The second-order valence-electron chi connectivity index (χ2n) is 7.82. The lowest BCUT2D eigenvalue weighted by atomic mass is 10.0. The van der Waals surface area contributed by atoms with Crippen molar-refractivity contribution in [1.82, 2.24) is 10.7 Å². The van der Waals surface area contributed by atoms with E-state index in [9.17, 15) is 24.1 Å². The Hall–Kier alpha value is -4.34. The Morgan fingerprint density at radius 3 is 2.53 bits per heavy atom.